The molecular formula is C14H17FN2O2. The summed E-state index contributed by atoms with van der Waals surface area (Å²) in [5.74, 6) is -0.834. The van der Waals surface area contributed by atoms with Crippen LogP contribution in [0.2, 0.25) is 0 Å². The van der Waals surface area contributed by atoms with E-state index in [9.17, 15) is 14.0 Å². The fourth-order valence-corrected chi connectivity index (χ4v) is 2.15. The van der Waals surface area contributed by atoms with Crippen molar-refractivity contribution in [2.75, 3.05) is 18.0 Å². The summed E-state index contributed by atoms with van der Waals surface area (Å²) < 4.78 is 12.8. The first-order chi connectivity index (χ1) is 9.11. The number of amides is 2. The van der Waals surface area contributed by atoms with E-state index in [1.807, 2.05) is 6.92 Å². The average molecular weight is 264 g/mol. The molecule has 102 valence electrons. The minimum absolute atomic E-state index is 0.0835. The van der Waals surface area contributed by atoms with Gasteiger partial charge in [-0.3, -0.25) is 9.59 Å². The number of carbonyl (C=O) groups excluding carboxylic acids is 2. The van der Waals surface area contributed by atoms with E-state index >= 15 is 0 Å². The molecule has 0 aromatic heterocycles. The molecule has 2 amide bonds. The van der Waals surface area contributed by atoms with E-state index in [4.69, 9.17) is 0 Å². The zero-order valence-corrected chi connectivity index (χ0v) is 10.9. The normalized spacial score (nSPS) is 18.7. The summed E-state index contributed by atoms with van der Waals surface area (Å²) in [6.07, 6.45) is 1.08. The molecule has 19 heavy (non-hydrogen) atoms. The Kier molecular flexibility index (Phi) is 4.14. The van der Waals surface area contributed by atoms with Crippen LogP contribution in [0.5, 0.6) is 0 Å². The summed E-state index contributed by atoms with van der Waals surface area (Å²) in [6.45, 7) is 2.96. The lowest BCUT2D eigenvalue weighted by Crippen LogP contribution is -2.33. The maximum Gasteiger partial charge on any atom is 0.227 e. The van der Waals surface area contributed by atoms with E-state index < -0.39 is 0 Å². The Balaban J connectivity index is 2.03. The van der Waals surface area contributed by atoms with Crippen LogP contribution in [-0.4, -0.2) is 24.9 Å². The van der Waals surface area contributed by atoms with Gasteiger partial charge in [-0.25, -0.2) is 4.39 Å². The molecule has 0 bridgehead atoms. The Morgan fingerprint density at radius 1 is 1.42 bits per heavy atom. The molecule has 1 N–H and O–H groups in total. The van der Waals surface area contributed by atoms with E-state index in [-0.39, 0.29) is 30.0 Å². The topological polar surface area (TPSA) is 49.4 Å². The van der Waals surface area contributed by atoms with Gasteiger partial charge in [-0.2, -0.15) is 0 Å². The number of carbonyl (C=O) groups is 2. The maximum absolute atomic E-state index is 12.8. The Morgan fingerprint density at radius 2 is 2.11 bits per heavy atom. The zero-order valence-electron chi connectivity index (χ0n) is 10.9. The smallest absolute Gasteiger partial charge is 0.227 e. The molecule has 1 saturated heterocycles. The molecule has 0 saturated carbocycles. The van der Waals surface area contributed by atoms with Crippen molar-refractivity contribution in [2.24, 2.45) is 5.92 Å². The molecule has 1 aliphatic heterocycles. The highest BCUT2D eigenvalue weighted by Gasteiger charge is 2.34. The van der Waals surface area contributed by atoms with E-state index in [0.717, 1.165) is 6.42 Å². The van der Waals surface area contributed by atoms with Gasteiger partial charge in [0.1, 0.15) is 5.82 Å². The third-order valence-electron chi connectivity index (χ3n) is 3.18. The Hall–Kier alpha value is -1.91. The molecule has 1 fully saturated rings. The van der Waals surface area contributed by atoms with Crippen molar-refractivity contribution < 1.29 is 14.0 Å². The van der Waals surface area contributed by atoms with Crippen LogP contribution in [0.15, 0.2) is 24.3 Å². The summed E-state index contributed by atoms with van der Waals surface area (Å²) in [6, 6.07) is 5.74. The monoisotopic (exact) mass is 264 g/mol. The molecule has 0 radical (unpaired) electrons. The number of benzene rings is 1. The molecule has 1 aliphatic rings. The molecule has 0 spiro atoms. The summed E-state index contributed by atoms with van der Waals surface area (Å²) >= 11 is 0. The first-order valence-electron chi connectivity index (χ1n) is 6.45. The van der Waals surface area contributed by atoms with Gasteiger partial charge in [-0.15, -0.1) is 0 Å². The summed E-state index contributed by atoms with van der Waals surface area (Å²) in [4.78, 5) is 25.3. The minimum atomic E-state index is -0.340. The minimum Gasteiger partial charge on any atom is -0.356 e. The number of halogens is 1. The number of nitrogens with one attached hydrogen (secondary N) is 1. The van der Waals surface area contributed by atoms with Crippen molar-refractivity contribution in [1.82, 2.24) is 5.32 Å². The van der Waals surface area contributed by atoms with Crippen molar-refractivity contribution in [3.8, 4) is 0 Å². The number of hydrogen-bond acceptors (Lipinski definition) is 2. The van der Waals surface area contributed by atoms with Gasteiger partial charge in [0.25, 0.3) is 0 Å². The average Bonchev–Trinajstić information content (AvgIpc) is 2.79. The van der Waals surface area contributed by atoms with Crippen LogP contribution >= 0.6 is 0 Å². The predicted molar refractivity (Wildman–Crippen MR) is 70.2 cm³/mol. The summed E-state index contributed by atoms with van der Waals surface area (Å²) in [5, 5.41) is 2.80. The molecule has 5 heteroatoms. The van der Waals surface area contributed by atoms with E-state index in [1.54, 1.807) is 12.1 Å². The van der Waals surface area contributed by atoms with Crippen LogP contribution in [0.25, 0.3) is 0 Å². The highest BCUT2D eigenvalue weighted by atomic mass is 19.1. The molecular weight excluding hydrogens is 247 g/mol. The molecule has 1 atom stereocenters. The van der Waals surface area contributed by atoms with E-state index in [0.29, 0.717) is 18.8 Å². The SMILES string of the molecule is CCCNC(=O)[C@H]1CC(=O)N(c2ccc(F)cc2)C1. The first-order valence-corrected chi connectivity index (χ1v) is 6.45. The molecule has 0 aliphatic carbocycles. The maximum atomic E-state index is 12.8. The Morgan fingerprint density at radius 3 is 2.74 bits per heavy atom. The van der Waals surface area contributed by atoms with Crippen molar-refractivity contribution >= 4 is 17.5 Å². The van der Waals surface area contributed by atoms with Gasteiger partial charge in [-0.1, -0.05) is 6.92 Å². The molecule has 2 rings (SSSR count). The van der Waals surface area contributed by atoms with Gasteiger partial charge < -0.3 is 10.2 Å². The lowest BCUT2D eigenvalue weighted by molar-refractivity contribution is -0.126. The zero-order chi connectivity index (χ0) is 13.8. The predicted octanol–water partition coefficient (Wildman–Crippen LogP) is 1.70. The Bertz CT molecular complexity index is 473. The van der Waals surface area contributed by atoms with Crippen LogP contribution in [0, 0.1) is 11.7 Å². The largest absolute Gasteiger partial charge is 0.356 e. The van der Waals surface area contributed by atoms with Gasteiger partial charge in [0.05, 0.1) is 5.92 Å². The fraction of sp³-hybridized carbons (Fsp3) is 0.429. The van der Waals surface area contributed by atoms with Crippen LogP contribution in [0.3, 0.4) is 0 Å². The second-order valence-corrected chi connectivity index (χ2v) is 4.67. The number of anilines is 1. The third-order valence-corrected chi connectivity index (χ3v) is 3.18. The lowest BCUT2D eigenvalue weighted by Gasteiger charge is -2.16. The second kappa shape index (κ2) is 5.82. The second-order valence-electron chi connectivity index (χ2n) is 4.67. The molecule has 1 aromatic carbocycles. The van der Waals surface area contributed by atoms with Crippen molar-refractivity contribution in [3.63, 3.8) is 0 Å². The fourth-order valence-electron chi connectivity index (χ4n) is 2.15. The van der Waals surface area contributed by atoms with Gasteiger partial charge in [-0.05, 0) is 30.7 Å². The van der Waals surface area contributed by atoms with Gasteiger partial charge in [0.2, 0.25) is 11.8 Å². The van der Waals surface area contributed by atoms with Gasteiger partial charge in [0, 0.05) is 25.2 Å². The van der Waals surface area contributed by atoms with Gasteiger partial charge >= 0.3 is 0 Å². The Labute approximate surface area is 111 Å². The van der Waals surface area contributed by atoms with E-state index in [1.165, 1.54) is 17.0 Å². The van der Waals surface area contributed by atoms with E-state index in [2.05, 4.69) is 5.32 Å². The summed E-state index contributed by atoms with van der Waals surface area (Å²) in [7, 11) is 0. The summed E-state index contributed by atoms with van der Waals surface area (Å²) in [5.41, 5.74) is 0.636. The lowest BCUT2D eigenvalue weighted by atomic mass is 10.1. The van der Waals surface area contributed by atoms with Crippen LogP contribution < -0.4 is 10.2 Å². The van der Waals surface area contributed by atoms with Crippen molar-refractivity contribution in [2.45, 2.75) is 19.8 Å². The molecule has 4 nitrogen and oxygen atoms in total. The third kappa shape index (κ3) is 3.10. The van der Waals surface area contributed by atoms with Crippen molar-refractivity contribution in [3.05, 3.63) is 30.1 Å². The quantitative estimate of drug-likeness (QED) is 0.900. The number of rotatable bonds is 4. The highest BCUT2D eigenvalue weighted by molar-refractivity contribution is 6.00. The highest BCUT2D eigenvalue weighted by Crippen LogP contribution is 2.25. The first kappa shape index (κ1) is 13.5. The van der Waals surface area contributed by atoms with Crippen LogP contribution in [0.4, 0.5) is 10.1 Å². The van der Waals surface area contributed by atoms with Crippen molar-refractivity contribution in [1.29, 1.82) is 0 Å². The standard InChI is InChI=1S/C14H17FN2O2/c1-2-7-16-14(19)10-8-13(18)17(9-10)12-5-3-11(15)4-6-12/h3-6,10H,2,7-9H2,1H3,(H,16,19)/t10-/m0/s1. The number of nitrogens with zero attached hydrogens (tertiary/aromatic N) is 1. The molecule has 0 unspecified atom stereocenters. The van der Waals surface area contributed by atoms with Crippen LogP contribution in [0.1, 0.15) is 19.8 Å². The molecule has 1 heterocycles. The molecule has 1 aromatic rings. The van der Waals surface area contributed by atoms with Gasteiger partial charge in [0.15, 0.2) is 0 Å². The number of hydrogen-bond donors (Lipinski definition) is 1. The van der Waals surface area contributed by atoms with Crippen LogP contribution in [-0.2, 0) is 9.59 Å².